The molecular formula is C10H9ClN4O. The summed E-state index contributed by atoms with van der Waals surface area (Å²) in [6.45, 7) is 0. The van der Waals surface area contributed by atoms with Crippen molar-refractivity contribution >= 4 is 17.5 Å². The first-order chi connectivity index (χ1) is 7.70. The van der Waals surface area contributed by atoms with E-state index in [9.17, 15) is 4.79 Å². The van der Waals surface area contributed by atoms with Gasteiger partial charge in [-0.15, -0.1) is 0 Å². The van der Waals surface area contributed by atoms with Crippen LogP contribution >= 0.6 is 11.6 Å². The monoisotopic (exact) mass is 236 g/mol. The normalized spacial score (nSPS) is 16.2. The van der Waals surface area contributed by atoms with Crippen LogP contribution in [0.3, 0.4) is 0 Å². The fourth-order valence-electron chi connectivity index (χ4n) is 1.35. The Hall–Kier alpha value is -1.67. The van der Waals surface area contributed by atoms with Gasteiger partial charge in [-0.3, -0.25) is 9.78 Å². The maximum absolute atomic E-state index is 11.7. The van der Waals surface area contributed by atoms with Crippen LogP contribution < -0.4 is 5.32 Å². The Kier molecular flexibility index (Phi) is 3.02. The molecular weight excluding hydrogens is 228 g/mol. The number of aromatic nitrogens is 2. The second-order valence-corrected chi connectivity index (χ2v) is 4.03. The van der Waals surface area contributed by atoms with Crippen LogP contribution in [0.15, 0.2) is 12.4 Å². The van der Waals surface area contributed by atoms with Gasteiger partial charge in [0.25, 0.3) is 5.91 Å². The van der Waals surface area contributed by atoms with Crippen LogP contribution in [0, 0.1) is 17.2 Å². The summed E-state index contributed by atoms with van der Waals surface area (Å²) in [6.07, 6.45) is 4.64. The quantitative estimate of drug-likeness (QED) is 0.854. The molecule has 0 radical (unpaired) electrons. The first-order valence-corrected chi connectivity index (χ1v) is 5.26. The fourth-order valence-corrected chi connectivity index (χ4v) is 1.50. The van der Waals surface area contributed by atoms with E-state index in [0.29, 0.717) is 0 Å². The number of rotatable bonds is 3. The summed E-state index contributed by atoms with van der Waals surface area (Å²) >= 11 is 5.62. The smallest absolute Gasteiger partial charge is 0.272 e. The minimum Gasteiger partial charge on any atom is -0.335 e. The molecule has 0 aromatic carbocycles. The van der Waals surface area contributed by atoms with Gasteiger partial charge in [-0.25, -0.2) is 4.98 Å². The molecule has 1 unspecified atom stereocenters. The topological polar surface area (TPSA) is 78.7 Å². The van der Waals surface area contributed by atoms with E-state index in [0.717, 1.165) is 12.8 Å². The zero-order valence-electron chi connectivity index (χ0n) is 8.35. The minimum absolute atomic E-state index is 0.133. The number of amides is 1. The molecule has 0 aliphatic heterocycles. The first-order valence-electron chi connectivity index (χ1n) is 4.88. The number of halogens is 1. The van der Waals surface area contributed by atoms with Crippen LogP contribution in [0.1, 0.15) is 23.3 Å². The maximum Gasteiger partial charge on any atom is 0.272 e. The Balaban J connectivity index is 2.05. The molecule has 1 aliphatic rings. The second kappa shape index (κ2) is 4.45. The van der Waals surface area contributed by atoms with Crippen molar-refractivity contribution in [3.05, 3.63) is 23.2 Å². The number of carbonyl (C=O) groups is 1. The van der Waals surface area contributed by atoms with Crippen LogP contribution in [-0.2, 0) is 0 Å². The molecule has 0 saturated heterocycles. The third-order valence-corrected chi connectivity index (χ3v) is 2.54. The minimum atomic E-state index is -0.437. The van der Waals surface area contributed by atoms with E-state index in [1.54, 1.807) is 0 Å². The molecule has 1 heterocycles. The van der Waals surface area contributed by atoms with Gasteiger partial charge in [0.05, 0.1) is 18.5 Å². The van der Waals surface area contributed by atoms with Gasteiger partial charge in [0, 0.05) is 0 Å². The molecule has 6 heteroatoms. The predicted molar refractivity (Wildman–Crippen MR) is 56.6 cm³/mol. The number of nitriles is 1. The van der Waals surface area contributed by atoms with Crippen molar-refractivity contribution < 1.29 is 4.79 Å². The van der Waals surface area contributed by atoms with Crippen LogP contribution in [0.4, 0.5) is 0 Å². The van der Waals surface area contributed by atoms with E-state index in [2.05, 4.69) is 21.4 Å². The predicted octanol–water partition coefficient (Wildman–Crippen LogP) is 1.16. The van der Waals surface area contributed by atoms with Gasteiger partial charge in [-0.2, -0.15) is 5.26 Å². The summed E-state index contributed by atoms with van der Waals surface area (Å²) in [5.74, 6) is -0.130. The lowest BCUT2D eigenvalue weighted by Gasteiger charge is -2.09. The van der Waals surface area contributed by atoms with Crippen molar-refractivity contribution in [1.29, 1.82) is 5.26 Å². The highest BCUT2D eigenvalue weighted by molar-refractivity contribution is 6.29. The summed E-state index contributed by atoms with van der Waals surface area (Å²) in [4.78, 5) is 19.3. The van der Waals surface area contributed by atoms with Gasteiger partial charge in [0.1, 0.15) is 16.9 Å². The molecule has 1 aromatic heterocycles. The average Bonchev–Trinajstić information content (AvgIpc) is 3.09. The highest BCUT2D eigenvalue weighted by Crippen LogP contribution is 2.32. The van der Waals surface area contributed by atoms with E-state index in [4.69, 9.17) is 16.9 Å². The molecule has 0 bridgehead atoms. The molecule has 1 N–H and O–H groups in total. The van der Waals surface area contributed by atoms with Crippen molar-refractivity contribution in [1.82, 2.24) is 15.3 Å². The number of nitrogens with one attached hydrogen (secondary N) is 1. The van der Waals surface area contributed by atoms with Crippen molar-refractivity contribution in [2.24, 2.45) is 5.92 Å². The molecule has 16 heavy (non-hydrogen) atoms. The van der Waals surface area contributed by atoms with Crippen molar-refractivity contribution in [3.8, 4) is 6.07 Å². The van der Waals surface area contributed by atoms with Crippen molar-refractivity contribution in [2.45, 2.75) is 18.9 Å². The zero-order valence-corrected chi connectivity index (χ0v) is 9.11. The van der Waals surface area contributed by atoms with E-state index in [-0.39, 0.29) is 16.8 Å². The average molecular weight is 237 g/mol. The summed E-state index contributed by atoms with van der Waals surface area (Å²) in [5, 5.41) is 11.6. The van der Waals surface area contributed by atoms with Gasteiger partial charge in [-0.05, 0) is 18.8 Å². The standard InChI is InChI=1S/C10H9ClN4O/c11-9-5-13-4-8(14-9)10(16)15-7(3-12)6-1-2-6/h4-7H,1-2H2,(H,15,16). The third-order valence-electron chi connectivity index (χ3n) is 2.36. The Morgan fingerprint density at radius 1 is 1.62 bits per heavy atom. The SMILES string of the molecule is N#CC(NC(=O)c1cncc(Cl)n1)C1CC1. The zero-order chi connectivity index (χ0) is 11.5. The Morgan fingerprint density at radius 3 is 2.94 bits per heavy atom. The van der Waals surface area contributed by atoms with Crippen LogP contribution in [0.2, 0.25) is 5.15 Å². The molecule has 1 aliphatic carbocycles. The van der Waals surface area contributed by atoms with E-state index < -0.39 is 11.9 Å². The van der Waals surface area contributed by atoms with Crippen LogP contribution in [0.5, 0.6) is 0 Å². The highest BCUT2D eigenvalue weighted by Gasteiger charge is 2.32. The Morgan fingerprint density at radius 2 is 2.38 bits per heavy atom. The van der Waals surface area contributed by atoms with Gasteiger partial charge in [-0.1, -0.05) is 11.6 Å². The van der Waals surface area contributed by atoms with E-state index in [1.165, 1.54) is 12.4 Å². The third kappa shape index (κ3) is 2.47. The Labute approximate surface area is 97.5 Å². The van der Waals surface area contributed by atoms with Crippen LogP contribution in [-0.4, -0.2) is 21.9 Å². The lowest BCUT2D eigenvalue weighted by molar-refractivity contribution is 0.0936. The molecule has 1 aromatic rings. The van der Waals surface area contributed by atoms with Gasteiger partial charge >= 0.3 is 0 Å². The molecule has 1 amide bonds. The largest absolute Gasteiger partial charge is 0.335 e. The number of nitrogens with zero attached hydrogens (tertiary/aromatic N) is 3. The number of hydrogen-bond donors (Lipinski definition) is 1. The highest BCUT2D eigenvalue weighted by atomic mass is 35.5. The summed E-state index contributed by atoms with van der Waals surface area (Å²) in [5.41, 5.74) is 0.133. The fraction of sp³-hybridized carbons (Fsp3) is 0.400. The summed E-state index contributed by atoms with van der Waals surface area (Å²) in [7, 11) is 0. The first kappa shape index (κ1) is 10.8. The molecule has 82 valence electrons. The van der Waals surface area contributed by atoms with Crippen LogP contribution in [0.25, 0.3) is 0 Å². The molecule has 1 fully saturated rings. The molecule has 5 nitrogen and oxygen atoms in total. The molecule has 0 spiro atoms. The van der Waals surface area contributed by atoms with E-state index >= 15 is 0 Å². The molecule has 1 atom stereocenters. The second-order valence-electron chi connectivity index (χ2n) is 3.64. The lowest BCUT2D eigenvalue weighted by Crippen LogP contribution is -2.35. The van der Waals surface area contributed by atoms with Crippen molar-refractivity contribution in [2.75, 3.05) is 0 Å². The van der Waals surface area contributed by atoms with Gasteiger partial charge < -0.3 is 5.32 Å². The van der Waals surface area contributed by atoms with Crippen molar-refractivity contribution in [3.63, 3.8) is 0 Å². The molecule has 2 rings (SSSR count). The van der Waals surface area contributed by atoms with E-state index in [1.807, 2.05) is 0 Å². The lowest BCUT2D eigenvalue weighted by atomic mass is 10.2. The number of carbonyl (C=O) groups excluding carboxylic acids is 1. The number of hydrogen-bond acceptors (Lipinski definition) is 4. The Bertz CT molecular complexity index is 452. The summed E-state index contributed by atoms with van der Waals surface area (Å²) < 4.78 is 0. The van der Waals surface area contributed by atoms with Gasteiger partial charge in [0.15, 0.2) is 0 Å². The molecule has 1 saturated carbocycles. The maximum atomic E-state index is 11.7. The summed E-state index contributed by atoms with van der Waals surface area (Å²) in [6, 6.07) is 1.63. The van der Waals surface area contributed by atoms with Gasteiger partial charge in [0.2, 0.25) is 0 Å².